The molecule has 2 aliphatic carbocycles. The Balaban J connectivity index is 1.96. The normalized spacial score (nSPS) is 20.9. The average Bonchev–Trinajstić information content (AvgIpc) is 2.65. The van der Waals surface area contributed by atoms with E-state index in [1.54, 1.807) is 18.2 Å². The average molecular weight is 386 g/mol. The highest BCUT2D eigenvalue weighted by Gasteiger charge is 2.43. The quantitative estimate of drug-likeness (QED) is 0.806. The summed E-state index contributed by atoms with van der Waals surface area (Å²) in [5.74, 6) is -0.0769. The van der Waals surface area contributed by atoms with E-state index in [4.69, 9.17) is 11.6 Å². The zero-order valence-corrected chi connectivity index (χ0v) is 16.3. The number of phenols is 1. The van der Waals surface area contributed by atoms with Crippen molar-refractivity contribution < 1.29 is 14.7 Å². The molecule has 0 unspecified atom stereocenters. The molecule has 27 heavy (non-hydrogen) atoms. The highest BCUT2D eigenvalue weighted by atomic mass is 35.5. The number of halogens is 1. The van der Waals surface area contributed by atoms with Gasteiger partial charge in [0.1, 0.15) is 5.75 Å². The summed E-state index contributed by atoms with van der Waals surface area (Å²) in [4.78, 5) is 28.2. The Morgan fingerprint density at radius 1 is 1.04 bits per heavy atom. The van der Waals surface area contributed by atoms with E-state index >= 15 is 0 Å². The number of hydrogen-bond donors (Lipinski definition) is 1. The van der Waals surface area contributed by atoms with Crippen molar-refractivity contribution in [3.05, 3.63) is 51.3 Å². The number of carbonyl (C=O) groups is 2. The van der Waals surface area contributed by atoms with Gasteiger partial charge in [0, 0.05) is 47.8 Å². The standard InChI is InChI=1S/C22H24ClNO3/c1-2-11-24-15-5-3-7-18(26)21(15)20(13-9-10-17(25)14(23)12-13)22-16(24)6-4-8-19(22)27/h9-10,12,20,25H,2-8,11H2,1H3. The van der Waals surface area contributed by atoms with Crippen LogP contribution in [0.3, 0.4) is 0 Å². The molecule has 4 rings (SSSR count). The summed E-state index contributed by atoms with van der Waals surface area (Å²) in [5.41, 5.74) is 4.54. The largest absolute Gasteiger partial charge is 0.506 e. The first kappa shape index (κ1) is 18.3. The number of nitrogens with zero attached hydrogens (tertiary/aromatic N) is 1. The van der Waals surface area contributed by atoms with Gasteiger partial charge in [-0.2, -0.15) is 0 Å². The molecular formula is C22H24ClNO3. The van der Waals surface area contributed by atoms with Crippen LogP contribution in [-0.4, -0.2) is 28.1 Å². The fourth-order valence-electron chi connectivity index (χ4n) is 4.75. The monoisotopic (exact) mass is 385 g/mol. The lowest BCUT2D eigenvalue weighted by Crippen LogP contribution is -2.39. The molecule has 0 saturated carbocycles. The zero-order chi connectivity index (χ0) is 19.1. The van der Waals surface area contributed by atoms with Crippen molar-refractivity contribution in [3.8, 4) is 5.75 Å². The SMILES string of the molecule is CCCN1C2=C(C(=O)CCC2)C(c2ccc(O)c(Cl)c2)C2=C1CCCC2=O. The van der Waals surface area contributed by atoms with Crippen LogP contribution in [0.2, 0.25) is 5.02 Å². The van der Waals surface area contributed by atoms with Crippen LogP contribution < -0.4 is 0 Å². The Labute approximate surface area is 164 Å². The molecule has 0 saturated heterocycles. The molecule has 1 aromatic rings. The molecule has 0 fully saturated rings. The molecule has 1 N–H and O–H groups in total. The lowest BCUT2D eigenvalue weighted by molar-refractivity contribution is -0.117. The maximum Gasteiger partial charge on any atom is 0.161 e. The van der Waals surface area contributed by atoms with Crippen LogP contribution in [0.25, 0.3) is 0 Å². The van der Waals surface area contributed by atoms with E-state index in [0.29, 0.717) is 12.8 Å². The molecular weight excluding hydrogens is 362 g/mol. The number of allylic oxidation sites excluding steroid dienone is 4. The third-order valence-electron chi connectivity index (χ3n) is 5.84. The Morgan fingerprint density at radius 3 is 2.15 bits per heavy atom. The van der Waals surface area contributed by atoms with Gasteiger partial charge in [-0.15, -0.1) is 0 Å². The van der Waals surface area contributed by atoms with Crippen LogP contribution in [-0.2, 0) is 9.59 Å². The summed E-state index contributed by atoms with van der Waals surface area (Å²) in [7, 11) is 0. The Morgan fingerprint density at radius 2 is 1.63 bits per heavy atom. The number of phenolic OH excluding ortho intramolecular Hbond substituents is 1. The third-order valence-corrected chi connectivity index (χ3v) is 6.14. The van der Waals surface area contributed by atoms with Crippen molar-refractivity contribution in [1.29, 1.82) is 0 Å². The van der Waals surface area contributed by atoms with Crippen LogP contribution in [0.1, 0.15) is 63.4 Å². The number of benzene rings is 1. The molecule has 1 aliphatic heterocycles. The molecule has 5 heteroatoms. The van der Waals surface area contributed by atoms with Gasteiger partial charge >= 0.3 is 0 Å². The molecule has 1 heterocycles. The highest BCUT2D eigenvalue weighted by Crippen LogP contribution is 2.49. The molecule has 4 nitrogen and oxygen atoms in total. The Hall–Kier alpha value is -2.07. The zero-order valence-electron chi connectivity index (χ0n) is 15.6. The van der Waals surface area contributed by atoms with Crippen LogP contribution >= 0.6 is 11.6 Å². The first-order chi connectivity index (χ1) is 13.0. The first-order valence-electron chi connectivity index (χ1n) is 9.81. The van der Waals surface area contributed by atoms with Gasteiger partial charge in [-0.25, -0.2) is 0 Å². The summed E-state index contributed by atoms with van der Waals surface area (Å²) in [5, 5.41) is 10.1. The molecule has 3 aliphatic rings. The molecule has 0 spiro atoms. The maximum atomic E-state index is 13.0. The minimum Gasteiger partial charge on any atom is -0.506 e. The maximum absolute atomic E-state index is 13.0. The highest BCUT2D eigenvalue weighted by molar-refractivity contribution is 6.32. The van der Waals surface area contributed by atoms with Crippen molar-refractivity contribution in [2.75, 3.05) is 6.54 Å². The molecule has 0 bridgehead atoms. The fraction of sp³-hybridized carbons (Fsp3) is 0.455. The van der Waals surface area contributed by atoms with E-state index in [1.165, 1.54) is 0 Å². The van der Waals surface area contributed by atoms with E-state index in [0.717, 1.165) is 66.8 Å². The van der Waals surface area contributed by atoms with Crippen LogP contribution in [0.4, 0.5) is 0 Å². The van der Waals surface area contributed by atoms with Gasteiger partial charge in [-0.3, -0.25) is 9.59 Å². The summed E-state index contributed by atoms with van der Waals surface area (Å²) in [6.45, 7) is 2.96. The second kappa shape index (κ2) is 7.16. The van der Waals surface area contributed by atoms with Crippen molar-refractivity contribution in [3.63, 3.8) is 0 Å². The lowest BCUT2D eigenvalue weighted by Gasteiger charge is -2.44. The van der Waals surface area contributed by atoms with Crippen molar-refractivity contribution in [2.45, 2.75) is 57.8 Å². The van der Waals surface area contributed by atoms with Gasteiger partial charge in [-0.1, -0.05) is 24.6 Å². The number of hydrogen-bond acceptors (Lipinski definition) is 4. The van der Waals surface area contributed by atoms with E-state index in [9.17, 15) is 14.7 Å². The van der Waals surface area contributed by atoms with Crippen molar-refractivity contribution in [2.24, 2.45) is 0 Å². The predicted octanol–water partition coefficient (Wildman–Crippen LogP) is 4.87. The van der Waals surface area contributed by atoms with Crippen LogP contribution in [0.15, 0.2) is 40.7 Å². The topological polar surface area (TPSA) is 57.6 Å². The van der Waals surface area contributed by atoms with E-state index in [2.05, 4.69) is 11.8 Å². The summed E-state index contributed by atoms with van der Waals surface area (Å²) < 4.78 is 0. The Kier molecular flexibility index (Phi) is 4.85. The number of Topliss-reactive ketones (excluding diaryl/α,β-unsaturated/α-hetero) is 2. The van der Waals surface area contributed by atoms with Crippen molar-refractivity contribution >= 4 is 23.2 Å². The molecule has 0 amide bonds. The van der Waals surface area contributed by atoms with Crippen molar-refractivity contribution in [1.82, 2.24) is 4.90 Å². The predicted molar refractivity (Wildman–Crippen MR) is 105 cm³/mol. The van der Waals surface area contributed by atoms with Gasteiger partial charge in [0.2, 0.25) is 0 Å². The van der Waals surface area contributed by atoms with Gasteiger partial charge in [0.25, 0.3) is 0 Å². The number of rotatable bonds is 3. The minimum absolute atomic E-state index is 0.0113. The molecule has 0 atom stereocenters. The second-order valence-electron chi connectivity index (χ2n) is 7.57. The molecule has 1 aromatic carbocycles. The molecule has 0 aromatic heterocycles. The van der Waals surface area contributed by atoms with Gasteiger partial charge in [-0.05, 0) is 49.8 Å². The summed E-state index contributed by atoms with van der Waals surface area (Å²) in [6, 6.07) is 5.05. The van der Waals surface area contributed by atoms with E-state index < -0.39 is 0 Å². The van der Waals surface area contributed by atoms with Gasteiger partial charge < -0.3 is 10.0 Å². The van der Waals surface area contributed by atoms with Crippen LogP contribution in [0, 0.1) is 0 Å². The number of aromatic hydroxyl groups is 1. The van der Waals surface area contributed by atoms with Gasteiger partial charge in [0.15, 0.2) is 11.6 Å². The fourth-order valence-corrected chi connectivity index (χ4v) is 4.94. The Bertz CT molecular complexity index is 840. The summed E-state index contributed by atoms with van der Waals surface area (Å²) in [6.07, 6.45) is 5.47. The van der Waals surface area contributed by atoms with Crippen LogP contribution in [0.5, 0.6) is 5.75 Å². The van der Waals surface area contributed by atoms with E-state index in [1.807, 2.05) is 0 Å². The molecule has 0 radical (unpaired) electrons. The summed E-state index contributed by atoms with van der Waals surface area (Å²) >= 11 is 6.17. The number of carbonyl (C=O) groups excluding carboxylic acids is 2. The van der Waals surface area contributed by atoms with E-state index in [-0.39, 0.29) is 28.3 Å². The van der Waals surface area contributed by atoms with Gasteiger partial charge in [0.05, 0.1) is 5.02 Å². The second-order valence-corrected chi connectivity index (χ2v) is 7.98. The number of ketones is 2. The molecule has 142 valence electrons. The lowest BCUT2D eigenvalue weighted by atomic mass is 9.71. The third kappa shape index (κ3) is 3.00. The minimum atomic E-state index is -0.359. The first-order valence-corrected chi connectivity index (χ1v) is 10.2. The smallest absolute Gasteiger partial charge is 0.161 e.